The van der Waals surface area contributed by atoms with Gasteiger partial charge in [0.2, 0.25) is 0 Å². The fraction of sp³-hybridized carbons (Fsp3) is 0.462. The molecule has 1 aliphatic carbocycles. The second kappa shape index (κ2) is 5.77. The predicted octanol–water partition coefficient (Wildman–Crippen LogP) is 2.56. The summed E-state index contributed by atoms with van der Waals surface area (Å²) in [7, 11) is 0. The number of hydrogen-bond acceptors (Lipinski definition) is 3. The number of anilines is 1. The molecule has 0 spiro atoms. The van der Waals surface area contributed by atoms with Crippen LogP contribution in [0.2, 0.25) is 0 Å². The second-order valence-corrected chi connectivity index (χ2v) is 5.36. The molecule has 6 heteroatoms. The lowest BCUT2D eigenvalue weighted by molar-refractivity contribution is -0.133. The first-order valence-electron chi connectivity index (χ1n) is 6.19. The zero-order valence-corrected chi connectivity index (χ0v) is 12.2. The van der Waals surface area contributed by atoms with Crippen molar-refractivity contribution in [2.45, 2.75) is 25.8 Å². The van der Waals surface area contributed by atoms with Gasteiger partial charge in [0.15, 0.2) is 12.4 Å². The van der Waals surface area contributed by atoms with Gasteiger partial charge in [-0.3, -0.25) is 4.79 Å². The zero-order chi connectivity index (χ0) is 14.0. The summed E-state index contributed by atoms with van der Waals surface area (Å²) in [5.74, 6) is -0.210. The van der Waals surface area contributed by atoms with Gasteiger partial charge in [-0.15, -0.1) is 0 Å². The molecule has 1 aromatic carbocycles. The largest absolute Gasteiger partial charge is 0.480 e. The number of nitrogen functional groups attached to an aromatic ring is 1. The van der Waals surface area contributed by atoms with Gasteiger partial charge in [0.25, 0.3) is 5.91 Å². The average molecular weight is 331 g/mol. The molecule has 104 valence electrons. The van der Waals surface area contributed by atoms with Gasteiger partial charge in [-0.1, -0.05) is 0 Å². The van der Waals surface area contributed by atoms with E-state index in [1.807, 2.05) is 6.92 Å². The molecule has 0 aromatic heterocycles. The number of carbonyl (C=O) groups is 1. The van der Waals surface area contributed by atoms with Crippen molar-refractivity contribution in [3.63, 3.8) is 0 Å². The fourth-order valence-electron chi connectivity index (χ4n) is 1.97. The fourth-order valence-corrected chi connectivity index (χ4v) is 2.54. The number of nitrogens with two attached hydrogens (primary N) is 1. The number of amides is 1. The Morgan fingerprint density at radius 2 is 2.26 bits per heavy atom. The van der Waals surface area contributed by atoms with Gasteiger partial charge in [-0.05, 0) is 41.8 Å². The molecule has 1 amide bonds. The Morgan fingerprint density at radius 3 is 2.79 bits per heavy atom. The Balaban J connectivity index is 2.00. The molecule has 1 saturated carbocycles. The third-order valence-electron chi connectivity index (χ3n) is 3.03. The molecule has 2 rings (SSSR count). The average Bonchev–Trinajstić information content (AvgIpc) is 3.13. The van der Waals surface area contributed by atoms with Crippen molar-refractivity contribution in [1.29, 1.82) is 0 Å². The van der Waals surface area contributed by atoms with Crippen molar-refractivity contribution in [3.8, 4) is 5.75 Å². The number of hydrogen-bond donors (Lipinski definition) is 1. The van der Waals surface area contributed by atoms with Crippen molar-refractivity contribution in [3.05, 3.63) is 22.4 Å². The van der Waals surface area contributed by atoms with E-state index in [4.69, 9.17) is 10.5 Å². The van der Waals surface area contributed by atoms with E-state index in [-0.39, 0.29) is 18.2 Å². The SMILES string of the molecule is CCN(C(=O)COc1c(N)cc(F)cc1Br)C1CC1. The van der Waals surface area contributed by atoms with Crippen LogP contribution < -0.4 is 10.5 Å². The van der Waals surface area contributed by atoms with E-state index >= 15 is 0 Å². The third-order valence-corrected chi connectivity index (χ3v) is 3.61. The number of benzene rings is 1. The summed E-state index contributed by atoms with van der Waals surface area (Å²) < 4.78 is 18.9. The van der Waals surface area contributed by atoms with Crippen molar-refractivity contribution >= 4 is 27.5 Å². The van der Waals surface area contributed by atoms with E-state index < -0.39 is 5.82 Å². The van der Waals surface area contributed by atoms with Crippen molar-refractivity contribution in [1.82, 2.24) is 4.90 Å². The van der Waals surface area contributed by atoms with Crippen LogP contribution in [0.4, 0.5) is 10.1 Å². The maximum Gasteiger partial charge on any atom is 0.260 e. The molecule has 0 radical (unpaired) electrons. The number of halogens is 2. The first-order valence-corrected chi connectivity index (χ1v) is 6.99. The van der Waals surface area contributed by atoms with Crippen LogP contribution in [0.25, 0.3) is 0 Å². The molecule has 1 aliphatic rings. The minimum Gasteiger partial charge on any atom is -0.480 e. The standard InChI is InChI=1S/C13H16BrFN2O2/c1-2-17(9-3-4-9)12(18)7-19-13-10(14)5-8(15)6-11(13)16/h5-6,9H,2-4,7,16H2,1H3. The van der Waals surface area contributed by atoms with E-state index in [0.29, 0.717) is 22.8 Å². The first kappa shape index (κ1) is 14.1. The molecule has 19 heavy (non-hydrogen) atoms. The number of nitrogens with zero attached hydrogens (tertiary/aromatic N) is 1. The Kier molecular flexibility index (Phi) is 4.29. The molecule has 0 unspecified atom stereocenters. The number of rotatable bonds is 5. The normalized spacial score (nSPS) is 14.3. The summed E-state index contributed by atoms with van der Waals surface area (Å²) in [6.07, 6.45) is 2.12. The van der Waals surface area contributed by atoms with E-state index in [1.165, 1.54) is 12.1 Å². The molecule has 1 fully saturated rings. The molecule has 1 aromatic rings. The lowest BCUT2D eigenvalue weighted by Gasteiger charge is -2.20. The third kappa shape index (κ3) is 3.37. The highest BCUT2D eigenvalue weighted by molar-refractivity contribution is 9.10. The zero-order valence-electron chi connectivity index (χ0n) is 10.7. The second-order valence-electron chi connectivity index (χ2n) is 4.51. The Labute approximate surface area is 119 Å². The molecule has 2 N–H and O–H groups in total. The van der Waals surface area contributed by atoms with Gasteiger partial charge in [-0.2, -0.15) is 0 Å². The topological polar surface area (TPSA) is 55.6 Å². The van der Waals surface area contributed by atoms with Gasteiger partial charge < -0.3 is 15.4 Å². The van der Waals surface area contributed by atoms with Crippen LogP contribution in [-0.4, -0.2) is 30.0 Å². The number of ether oxygens (including phenoxy) is 1. The van der Waals surface area contributed by atoms with Crippen LogP contribution >= 0.6 is 15.9 Å². The summed E-state index contributed by atoms with van der Waals surface area (Å²) in [5.41, 5.74) is 5.84. The summed E-state index contributed by atoms with van der Waals surface area (Å²) in [5, 5.41) is 0. The van der Waals surface area contributed by atoms with E-state index in [2.05, 4.69) is 15.9 Å². The maximum atomic E-state index is 13.1. The monoisotopic (exact) mass is 330 g/mol. The highest BCUT2D eigenvalue weighted by Crippen LogP contribution is 2.32. The van der Waals surface area contributed by atoms with Crippen LogP contribution in [0, 0.1) is 5.82 Å². The van der Waals surface area contributed by atoms with Crippen molar-refractivity contribution in [2.75, 3.05) is 18.9 Å². The summed E-state index contributed by atoms with van der Waals surface area (Å²) in [6, 6.07) is 2.78. The summed E-state index contributed by atoms with van der Waals surface area (Å²) >= 11 is 3.17. The summed E-state index contributed by atoms with van der Waals surface area (Å²) in [6.45, 7) is 2.53. The summed E-state index contributed by atoms with van der Waals surface area (Å²) in [4.78, 5) is 13.8. The van der Waals surface area contributed by atoms with Crippen LogP contribution in [-0.2, 0) is 4.79 Å². The Hall–Kier alpha value is -1.30. The maximum absolute atomic E-state index is 13.1. The quantitative estimate of drug-likeness (QED) is 0.844. The number of likely N-dealkylation sites (N-methyl/N-ethyl adjacent to an activating group) is 1. The molecule has 0 atom stereocenters. The molecule has 0 heterocycles. The van der Waals surface area contributed by atoms with Gasteiger partial charge in [0, 0.05) is 18.7 Å². The molecule has 0 saturated heterocycles. The van der Waals surface area contributed by atoms with Gasteiger partial charge in [0.1, 0.15) is 5.82 Å². The van der Waals surface area contributed by atoms with Crippen molar-refractivity contribution in [2.24, 2.45) is 0 Å². The Bertz CT molecular complexity index is 469. The van der Waals surface area contributed by atoms with Crippen LogP contribution in [0.3, 0.4) is 0 Å². The van der Waals surface area contributed by atoms with Gasteiger partial charge in [-0.25, -0.2) is 4.39 Å². The lowest BCUT2D eigenvalue weighted by Crippen LogP contribution is -2.36. The lowest BCUT2D eigenvalue weighted by atomic mass is 10.3. The van der Waals surface area contributed by atoms with Crippen LogP contribution in [0.15, 0.2) is 16.6 Å². The van der Waals surface area contributed by atoms with Gasteiger partial charge >= 0.3 is 0 Å². The molecule has 0 bridgehead atoms. The minimum atomic E-state index is -0.448. The Morgan fingerprint density at radius 1 is 1.58 bits per heavy atom. The van der Waals surface area contributed by atoms with Crippen molar-refractivity contribution < 1.29 is 13.9 Å². The van der Waals surface area contributed by atoms with E-state index in [0.717, 1.165) is 12.8 Å². The minimum absolute atomic E-state index is 0.0689. The smallest absolute Gasteiger partial charge is 0.260 e. The number of carbonyl (C=O) groups excluding carboxylic acids is 1. The first-order chi connectivity index (χ1) is 9.02. The van der Waals surface area contributed by atoms with Crippen LogP contribution in [0.5, 0.6) is 5.75 Å². The molecular weight excluding hydrogens is 315 g/mol. The molecular formula is C13H16BrFN2O2. The highest BCUT2D eigenvalue weighted by atomic mass is 79.9. The predicted molar refractivity (Wildman–Crippen MR) is 74.4 cm³/mol. The molecule has 4 nitrogen and oxygen atoms in total. The van der Waals surface area contributed by atoms with E-state index in [9.17, 15) is 9.18 Å². The van der Waals surface area contributed by atoms with E-state index in [1.54, 1.807) is 4.90 Å². The van der Waals surface area contributed by atoms with Gasteiger partial charge in [0.05, 0.1) is 10.2 Å². The highest BCUT2D eigenvalue weighted by Gasteiger charge is 2.31. The molecule has 0 aliphatic heterocycles. The van der Waals surface area contributed by atoms with Crippen LogP contribution in [0.1, 0.15) is 19.8 Å².